The maximum absolute atomic E-state index is 11.5. The van der Waals surface area contributed by atoms with Crippen molar-refractivity contribution < 1.29 is 14.3 Å². The molecule has 2 saturated carbocycles. The van der Waals surface area contributed by atoms with Gasteiger partial charge in [0.2, 0.25) is 5.91 Å². The summed E-state index contributed by atoms with van der Waals surface area (Å²) in [6.45, 7) is 0. The molecular formula is C10H15NO3. The summed E-state index contributed by atoms with van der Waals surface area (Å²) >= 11 is 0. The molecule has 0 aromatic carbocycles. The van der Waals surface area contributed by atoms with E-state index in [2.05, 4.69) is 0 Å². The highest BCUT2D eigenvalue weighted by Crippen LogP contribution is 2.57. The molecule has 2 bridgehead atoms. The molecule has 2 N–H and O–H groups in total. The van der Waals surface area contributed by atoms with Gasteiger partial charge in [-0.25, -0.2) is 0 Å². The van der Waals surface area contributed by atoms with Gasteiger partial charge in [-0.2, -0.15) is 0 Å². The van der Waals surface area contributed by atoms with Crippen LogP contribution in [-0.2, 0) is 14.3 Å². The highest BCUT2D eigenvalue weighted by Gasteiger charge is 2.58. The Morgan fingerprint density at radius 1 is 1.50 bits per heavy atom. The lowest BCUT2D eigenvalue weighted by atomic mass is 9.74. The van der Waals surface area contributed by atoms with Gasteiger partial charge in [-0.05, 0) is 31.6 Å². The quantitative estimate of drug-likeness (QED) is 0.653. The van der Waals surface area contributed by atoms with Crippen molar-refractivity contribution in [2.75, 3.05) is 7.11 Å². The molecule has 4 nitrogen and oxygen atoms in total. The fourth-order valence-corrected chi connectivity index (χ4v) is 3.12. The molecular weight excluding hydrogens is 182 g/mol. The third-order valence-corrected chi connectivity index (χ3v) is 3.86. The van der Waals surface area contributed by atoms with Crippen molar-refractivity contribution in [2.24, 2.45) is 23.0 Å². The van der Waals surface area contributed by atoms with E-state index in [1.54, 1.807) is 0 Å². The summed E-state index contributed by atoms with van der Waals surface area (Å²) in [6.07, 6.45) is 3.33. The molecule has 0 radical (unpaired) electrons. The van der Waals surface area contributed by atoms with Crippen LogP contribution in [0.3, 0.4) is 0 Å². The number of carbonyl (C=O) groups excluding carboxylic acids is 2. The lowest BCUT2D eigenvalue weighted by Crippen LogP contribution is -2.43. The number of hydrogen-bond acceptors (Lipinski definition) is 3. The molecule has 0 heterocycles. The molecule has 14 heavy (non-hydrogen) atoms. The molecule has 3 unspecified atom stereocenters. The van der Waals surface area contributed by atoms with Crippen LogP contribution in [-0.4, -0.2) is 19.0 Å². The molecule has 3 atom stereocenters. The fraction of sp³-hybridized carbons (Fsp3) is 0.800. The van der Waals surface area contributed by atoms with Gasteiger partial charge in [0.25, 0.3) is 0 Å². The second kappa shape index (κ2) is 2.97. The van der Waals surface area contributed by atoms with E-state index < -0.39 is 5.41 Å². The van der Waals surface area contributed by atoms with Crippen LogP contribution >= 0.6 is 0 Å². The van der Waals surface area contributed by atoms with Crippen molar-refractivity contribution in [2.45, 2.75) is 25.7 Å². The number of nitrogens with two attached hydrogens (primary N) is 1. The van der Waals surface area contributed by atoms with Crippen molar-refractivity contribution in [1.29, 1.82) is 0 Å². The van der Waals surface area contributed by atoms with Crippen LogP contribution in [0.4, 0.5) is 0 Å². The van der Waals surface area contributed by atoms with Crippen LogP contribution in [0, 0.1) is 17.3 Å². The van der Waals surface area contributed by atoms with Gasteiger partial charge in [0.1, 0.15) is 0 Å². The molecule has 2 rings (SSSR count). The van der Waals surface area contributed by atoms with Crippen LogP contribution < -0.4 is 5.73 Å². The van der Waals surface area contributed by atoms with E-state index in [0.717, 1.165) is 25.7 Å². The van der Waals surface area contributed by atoms with Crippen molar-refractivity contribution in [3.05, 3.63) is 0 Å². The first-order valence-corrected chi connectivity index (χ1v) is 4.98. The molecule has 0 saturated heterocycles. The summed E-state index contributed by atoms with van der Waals surface area (Å²) < 4.78 is 4.72. The Bertz CT molecular complexity index is 289. The molecule has 2 aliphatic rings. The Kier molecular flexibility index (Phi) is 2.01. The maximum Gasteiger partial charge on any atom is 0.309 e. The Morgan fingerprint density at radius 2 is 2.21 bits per heavy atom. The molecule has 0 aromatic heterocycles. The van der Waals surface area contributed by atoms with Crippen molar-refractivity contribution in [1.82, 2.24) is 0 Å². The molecule has 2 aliphatic carbocycles. The van der Waals surface area contributed by atoms with E-state index in [1.165, 1.54) is 7.11 Å². The monoisotopic (exact) mass is 197 g/mol. The predicted octanol–water partition coefficient (Wildman–Crippen LogP) is 0.451. The second-order valence-electron chi connectivity index (χ2n) is 4.44. The van der Waals surface area contributed by atoms with Gasteiger partial charge < -0.3 is 10.5 Å². The van der Waals surface area contributed by atoms with Crippen LogP contribution in [0.25, 0.3) is 0 Å². The number of methoxy groups -OCH3 is 1. The minimum absolute atomic E-state index is 0.272. The normalized spacial score (nSPS) is 39.8. The van der Waals surface area contributed by atoms with Gasteiger partial charge in [0.05, 0.1) is 18.4 Å². The second-order valence-corrected chi connectivity index (χ2v) is 4.44. The van der Waals surface area contributed by atoms with E-state index in [-0.39, 0.29) is 17.8 Å². The van der Waals surface area contributed by atoms with Crippen molar-refractivity contribution in [3.63, 3.8) is 0 Å². The average Bonchev–Trinajstić information content (AvgIpc) is 2.74. The van der Waals surface area contributed by atoms with Crippen LogP contribution in [0.2, 0.25) is 0 Å². The third kappa shape index (κ3) is 1.06. The van der Waals surface area contributed by atoms with Crippen LogP contribution in [0.15, 0.2) is 0 Å². The highest BCUT2D eigenvalue weighted by atomic mass is 16.5. The Balaban J connectivity index is 2.27. The third-order valence-electron chi connectivity index (χ3n) is 3.86. The zero-order valence-corrected chi connectivity index (χ0v) is 8.29. The van der Waals surface area contributed by atoms with Gasteiger partial charge in [0, 0.05) is 0 Å². The van der Waals surface area contributed by atoms with Crippen molar-refractivity contribution in [3.8, 4) is 0 Å². The number of esters is 1. The number of hydrogen-bond donors (Lipinski definition) is 1. The Morgan fingerprint density at radius 3 is 2.71 bits per heavy atom. The summed E-state index contributed by atoms with van der Waals surface area (Å²) in [5.74, 6) is -0.394. The van der Waals surface area contributed by atoms with Gasteiger partial charge in [-0.3, -0.25) is 9.59 Å². The average molecular weight is 197 g/mol. The summed E-state index contributed by atoms with van der Waals surface area (Å²) in [7, 11) is 1.36. The van der Waals surface area contributed by atoms with E-state index in [9.17, 15) is 9.59 Å². The van der Waals surface area contributed by atoms with Gasteiger partial charge >= 0.3 is 5.97 Å². The Labute approximate surface area is 82.8 Å². The molecule has 0 aliphatic heterocycles. The topological polar surface area (TPSA) is 69.4 Å². The van der Waals surface area contributed by atoms with Crippen LogP contribution in [0.5, 0.6) is 0 Å². The molecule has 2 fully saturated rings. The summed E-state index contributed by atoms with van der Waals surface area (Å²) in [5.41, 5.74) is 4.82. The van der Waals surface area contributed by atoms with Crippen LogP contribution in [0.1, 0.15) is 25.7 Å². The summed E-state index contributed by atoms with van der Waals surface area (Å²) in [4.78, 5) is 22.9. The first-order valence-electron chi connectivity index (χ1n) is 4.98. The standard InChI is InChI=1S/C10H15NO3/c1-14-8(12)7-4-6-2-3-10(7,5-6)9(11)13/h6-7H,2-5H2,1H3,(H2,11,13). The largest absolute Gasteiger partial charge is 0.469 e. The lowest BCUT2D eigenvalue weighted by molar-refractivity contribution is -0.154. The summed E-state index contributed by atoms with van der Waals surface area (Å²) in [5, 5.41) is 0. The maximum atomic E-state index is 11.5. The lowest BCUT2D eigenvalue weighted by Gasteiger charge is -2.29. The zero-order valence-electron chi connectivity index (χ0n) is 8.29. The molecule has 1 amide bonds. The Hall–Kier alpha value is -1.06. The number of fused-ring (bicyclic) bond motifs is 2. The number of amides is 1. The first kappa shape index (κ1) is 9.49. The van der Waals surface area contributed by atoms with Gasteiger partial charge in [-0.1, -0.05) is 0 Å². The minimum atomic E-state index is -0.586. The van der Waals surface area contributed by atoms with E-state index in [4.69, 9.17) is 10.5 Å². The number of carbonyl (C=O) groups is 2. The van der Waals surface area contributed by atoms with E-state index in [1.807, 2.05) is 0 Å². The fourth-order valence-electron chi connectivity index (χ4n) is 3.12. The van der Waals surface area contributed by atoms with Gasteiger partial charge in [0.15, 0.2) is 0 Å². The number of primary amides is 1. The predicted molar refractivity (Wildman–Crippen MR) is 49.1 cm³/mol. The van der Waals surface area contributed by atoms with Crippen molar-refractivity contribution >= 4 is 11.9 Å². The number of ether oxygens (including phenoxy) is 1. The minimum Gasteiger partial charge on any atom is -0.469 e. The summed E-state index contributed by atoms with van der Waals surface area (Å²) in [6, 6.07) is 0. The smallest absolute Gasteiger partial charge is 0.309 e. The zero-order chi connectivity index (χ0) is 10.3. The first-order chi connectivity index (χ1) is 6.60. The molecule has 78 valence electrons. The highest BCUT2D eigenvalue weighted by molar-refractivity contribution is 5.89. The van der Waals surface area contributed by atoms with E-state index >= 15 is 0 Å². The van der Waals surface area contributed by atoms with Gasteiger partial charge in [-0.15, -0.1) is 0 Å². The SMILES string of the molecule is COC(=O)C1CC2CCC1(C(N)=O)C2. The van der Waals surface area contributed by atoms with E-state index in [0.29, 0.717) is 5.92 Å². The molecule has 4 heteroatoms. The molecule has 0 aromatic rings. The number of rotatable bonds is 2. The molecule has 0 spiro atoms.